The normalized spacial score (nSPS) is 21.3. The van der Waals surface area contributed by atoms with Gasteiger partial charge in [0.15, 0.2) is 0 Å². The molecule has 0 aliphatic carbocycles. The summed E-state index contributed by atoms with van der Waals surface area (Å²) in [5.74, 6) is -0.415. The number of hydrogen-bond acceptors (Lipinski definition) is 5. The van der Waals surface area contributed by atoms with E-state index in [1.54, 1.807) is 13.0 Å². The molecule has 0 radical (unpaired) electrons. The van der Waals surface area contributed by atoms with Gasteiger partial charge in [0.2, 0.25) is 10.0 Å². The molecule has 1 aromatic carbocycles. The van der Waals surface area contributed by atoms with Gasteiger partial charge in [0.1, 0.15) is 0 Å². The van der Waals surface area contributed by atoms with E-state index in [4.69, 9.17) is 4.74 Å². The second kappa shape index (κ2) is 8.10. The number of methoxy groups -OCH3 is 1. The van der Waals surface area contributed by atoms with Gasteiger partial charge in [-0.3, -0.25) is 0 Å². The zero-order chi connectivity index (χ0) is 16.3. The number of carbonyl (C=O) groups is 1. The molecule has 1 aliphatic heterocycles. The van der Waals surface area contributed by atoms with Crippen LogP contribution >= 0.6 is 12.4 Å². The van der Waals surface area contributed by atoms with Crippen LogP contribution in [-0.4, -0.2) is 40.6 Å². The maximum absolute atomic E-state index is 12.7. The predicted octanol–water partition coefficient (Wildman–Crippen LogP) is 1.48. The van der Waals surface area contributed by atoms with Crippen molar-refractivity contribution in [2.45, 2.75) is 31.2 Å². The van der Waals surface area contributed by atoms with E-state index in [-0.39, 0.29) is 34.8 Å². The Morgan fingerprint density at radius 1 is 1.39 bits per heavy atom. The van der Waals surface area contributed by atoms with Crippen molar-refractivity contribution >= 4 is 28.4 Å². The molecule has 1 heterocycles. The number of aryl methyl sites for hydroxylation is 1. The minimum Gasteiger partial charge on any atom is -0.465 e. The largest absolute Gasteiger partial charge is 0.465 e. The topological polar surface area (TPSA) is 84.5 Å². The fourth-order valence-corrected chi connectivity index (χ4v) is 4.08. The van der Waals surface area contributed by atoms with Gasteiger partial charge in [-0.2, -0.15) is 0 Å². The van der Waals surface area contributed by atoms with Gasteiger partial charge in [0, 0.05) is 12.6 Å². The summed E-state index contributed by atoms with van der Waals surface area (Å²) in [6, 6.07) is 4.46. The Bertz CT molecular complexity index is 663. The number of halogens is 1. The minimum absolute atomic E-state index is 0. The summed E-state index contributed by atoms with van der Waals surface area (Å²) in [4.78, 5) is 11.8. The van der Waals surface area contributed by atoms with E-state index in [0.717, 1.165) is 18.5 Å². The Morgan fingerprint density at radius 3 is 2.70 bits per heavy atom. The van der Waals surface area contributed by atoms with Crippen molar-refractivity contribution in [1.82, 2.24) is 10.0 Å². The third-order valence-electron chi connectivity index (χ3n) is 3.96. The van der Waals surface area contributed by atoms with Crippen LogP contribution in [-0.2, 0) is 14.8 Å². The number of benzene rings is 1. The van der Waals surface area contributed by atoms with Crippen molar-refractivity contribution in [1.29, 1.82) is 0 Å². The standard InChI is InChI=1S/C15H22N2O4S.ClH/c1-10-4-5-14(12(8-10)15(18)21-3)22(19,20)17-13-9-16-7-6-11(13)2;/h4-5,8,11,13,16-17H,6-7,9H2,1-3H3;1H. The minimum atomic E-state index is -3.79. The maximum Gasteiger partial charge on any atom is 0.339 e. The first-order chi connectivity index (χ1) is 10.3. The van der Waals surface area contributed by atoms with E-state index in [9.17, 15) is 13.2 Å². The Morgan fingerprint density at radius 2 is 2.09 bits per heavy atom. The van der Waals surface area contributed by atoms with Gasteiger partial charge in [0.05, 0.1) is 17.6 Å². The van der Waals surface area contributed by atoms with Crippen molar-refractivity contribution < 1.29 is 17.9 Å². The van der Waals surface area contributed by atoms with E-state index < -0.39 is 16.0 Å². The molecule has 0 aromatic heterocycles. The summed E-state index contributed by atoms with van der Waals surface area (Å²) in [7, 11) is -2.55. The van der Waals surface area contributed by atoms with Crippen LogP contribution in [0.2, 0.25) is 0 Å². The van der Waals surface area contributed by atoms with Crippen LogP contribution in [0.4, 0.5) is 0 Å². The number of hydrogen-bond donors (Lipinski definition) is 2. The molecule has 23 heavy (non-hydrogen) atoms. The summed E-state index contributed by atoms with van der Waals surface area (Å²) in [5, 5.41) is 3.18. The molecule has 8 heteroatoms. The van der Waals surface area contributed by atoms with Crippen molar-refractivity contribution in [3.63, 3.8) is 0 Å². The molecular formula is C15H23ClN2O4S. The van der Waals surface area contributed by atoms with Crippen LogP contribution in [0.25, 0.3) is 0 Å². The van der Waals surface area contributed by atoms with Crippen LogP contribution < -0.4 is 10.0 Å². The van der Waals surface area contributed by atoms with Gasteiger partial charge in [0.25, 0.3) is 0 Å². The summed E-state index contributed by atoms with van der Waals surface area (Å²) in [6.45, 7) is 5.28. The van der Waals surface area contributed by atoms with E-state index in [0.29, 0.717) is 6.54 Å². The van der Waals surface area contributed by atoms with Crippen LogP contribution in [0.3, 0.4) is 0 Å². The molecule has 0 amide bonds. The molecule has 1 saturated heterocycles. The number of piperidine rings is 1. The molecule has 1 fully saturated rings. The number of ether oxygens (including phenoxy) is 1. The number of nitrogens with one attached hydrogen (secondary N) is 2. The van der Waals surface area contributed by atoms with Crippen molar-refractivity contribution in [2.24, 2.45) is 5.92 Å². The number of esters is 1. The lowest BCUT2D eigenvalue weighted by atomic mass is 9.96. The fourth-order valence-electron chi connectivity index (χ4n) is 2.56. The van der Waals surface area contributed by atoms with E-state index in [1.807, 2.05) is 6.92 Å². The van der Waals surface area contributed by atoms with E-state index in [2.05, 4.69) is 10.0 Å². The van der Waals surface area contributed by atoms with Gasteiger partial charge in [-0.05, 0) is 37.9 Å². The van der Waals surface area contributed by atoms with Gasteiger partial charge in [-0.1, -0.05) is 18.6 Å². The molecule has 1 aromatic rings. The highest BCUT2D eigenvalue weighted by molar-refractivity contribution is 7.89. The lowest BCUT2D eigenvalue weighted by Gasteiger charge is -2.30. The van der Waals surface area contributed by atoms with Gasteiger partial charge < -0.3 is 10.1 Å². The predicted molar refractivity (Wildman–Crippen MR) is 90.5 cm³/mol. The summed E-state index contributed by atoms with van der Waals surface area (Å²) >= 11 is 0. The molecule has 2 rings (SSSR count). The lowest BCUT2D eigenvalue weighted by Crippen LogP contribution is -2.50. The maximum atomic E-state index is 12.7. The summed E-state index contributed by atoms with van der Waals surface area (Å²) in [6.07, 6.45) is 0.908. The third kappa shape index (κ3) is 4.67. The Hall–Kier alpha value is -1.15. The highest BCUT2D eigenvalue weighted by Gasteiger charge is 2.29. The highest BCUT2D eigenvalue weighted by Crippen LogP contribution is 2.21. The molecule has 0 bridgehead atoms. The second-order valence-electron chi connectivity index (χ2n) is 5.69. The molecule has 130 valence electrons. The summed E-state index contributed by atoms with van der Waals surface area (Å²) < 4.78 is 32.7. The first-order valence-electron chi connectivity index (χ1n) is 7.27. The molecular weight excluding hydrogens is 340 g/mol. The van der Waals surface area contributed by atoms with E-state index >= 15 is 0 Å². The van der Waals surface area contributed by atoms with Crippen LogP contribution in [0.5, 0.6) is 0 Å². The monoisotopic (exact) mass is 362 g/mol. The molecule has 6 nitrogen and oxygen atoms in total. The van der Waals surface area contributed by atoms with Crippen molar-refractivity contribution in [2.75, 3.05) is 20.2 Å². The van der Waals surface area contributed by atoms with Crippen molar-refractivity contribution in [3.05, 3.63) is 29.3 Å². The quantitative estimate of drug-likeness (QED) is 0.792. The molecule has 0 spiro atoms. The molecule has 1 aliphatic rings. The van der Waals surface area contributed by atoms with Gasteiger partial charge in [-0.15, -0.1) is 12.4 Å². The SMILES string of the molecule is COC(=O)c1cc(C)ccc1S(=O)(=O)NC1CNCCC1C.Cl. The van der Waals surface area contributed by atoms with Gasteiger partial charge >= 0.3 is 5.97 Å². The van der Waals surface area contributed by atoms with Crippen LogP contribution in [0.1, 0.15) is 29.3 Å². The second-order valence-corrected chi connectivity index (χ2v) is 7.37. The average molecular weight is 363 g/mol. The molecule has 0 saturated carbocycles. The first kappa shape index (κ1) is 19.9. The highest BCUT2D eigenvalue weighted by atomic mass is 35.5. The Kier molecular flexibility index (Phi) is 7.01. The zero-order valence-corrected chi connectivity index (χ0v) is 15.1. The third-order valence-corrected chi connectivity index (χ3v) is 5.51. The van der Waals surface area contributed by atoms with Crippen molar-refractivity contribution in [3.8, 4) is 0 Å². The van der Waals surface area contributed by atoms with Crippen LogP contribution in [0.15, 0.2) is 23.1 Å². The molecule has 2 atom stereocenters. The number of sulfonamides is 1. The number of rotatable bonds is 4. The van der Waals surface area contributed by atoms with E-state index in [1.165, 1.54) is 19.2 Å². The Balaban J connectivity index is 0.00000264. The zero-order valence-electron chi connectivity index (χ0n) is 13.5. The average Bonchev–Trinajstić information content (AvgIpc) is 2.48. The van der Waals surface area contributed by atoms with Crippen LogP contribution in [0, 0.1) is 12.8 Å². The van der Waals surface area contributed by atoms with Gasteiger partial charge in [-0.25, -0.2) is 17.9 Å². The Labute approximate surface area is 143 Å². The molecule has 2 N–H and O–H groups in total. The first-order valence-corrected chi connectivity index (χ1v) is 8.75. The summed E-state index contributed by atoms with van der Waals surface area (Å²) in [5.41, 5.74) is 0.860. The molecule has 2 unspecified atom stereocenters. The lowest BCUT2D eigenvalue weighted by molar-refractivity contribution is 0.0596. The fraction of sp³-hybridized carbons (Fsp3) is 0.533. The smallest absolute Gasteiger partial charge is 0.339 e. The number of carbonyl (C=O) groups excluding carboxylic acids is 1.